The van der Waals surface area contributed by atoms with E-state index in [4.69, 9.17) is 5.73 Å². The van der Waals surface area contributed by atoms with Gasteiger partial charge in [-0.25, -0.2) is 4.98 Å². The van der Waals surface area contributed by atoms with E-state index >= 15 is 0 Å². The highest BCUT2D eigenvalue weighted by Gasteiger charge is 2.20. The predicted octanol–water partition coefficient (Wildman–Crippen LogP) is 1.54. The van der Waals surface area contributed by atoms with Crippen LogP contribution in [-0.2, 0) is 19.6 Å². The maximum atomic E-state index is 12.8. The lowest BCUT2D eigenvalue weighted by molar-refractivity contribution is 0.0723. The second-order valence-corrected chi connectivity index (χ2v) is 6.21. The number of thiazole rings is 1. The van der Waals surface area contributed by atoms with Crippen LogP contribution < -0.4 is 5.73 Å². The molecule has 124 valence electrons. The summed E-state index contributed by atoms with van der Waals surface area (Å²) in [5.41, 5.74) is 6.88. The highest BCUT2D eigenvalue weighted by molar-refractivity contribution is 7.09. The van der Waals surface area contributed by atoms with Crippen LogP contribution in [0.5, 0.6) is 0 Å². The van der Waals surface area contributed by atoms with Gasteiger partial charge in [0.25, 0.3) is 5.91 Å². The van der Waals surface area contributed by atoms with Crippen molar-refractivity contribution in [1.29, 1.82) is 0 Å². The van der Waals surface area contributed by atoms with Crippen molar-refractivity contribution in [3.8, 4) is 0 Å². The Bertz CT molecular complexity index is 771. The summed E-state index contributed by atoms with van der Waals surface area (Å²) in [6.07, 6.45) is 3.37. The van der Waals surface area contributed by atoms with Crippen LogP contribution in [0, 0.1) is 0 Å². The van der Waals surface area contributed by atoms with Crippen LogP contribution in [0.15, 0.2) is 48.1 Å². The number of amides is 1. The first-order chi connectivity index (χ1) is 11.8. The summed E-state index contributed by atoms with van der Waals surface area (Å²) >= 11 is 1.52. The average molecular weight is 342 g/mol. The first kappa shape index (κ1) is 16.3. The van der Waals surface area contributed by atoms with Crippen LogP contribution in [0.3, 0.4) is 0 Å². The molecule has 1 aromatic carbocycles. The molecule has 0 saturated heterocycles. The highest BCUT2D eigenvalue weighted by atomic mass is 32.1. The highest BCUT2D eigenvalue weighted by Crippen LogP contribution is 2.14. The van der Waals surface area contributed by atoms with Crippen LogP contribution in [0.4, 0.5) is 0 Å². The van der Waals surface area contributed by atoms with E-state index in [1.54, 1.807) is 22.0 Å². The Morgan fingerprint density at radius 3 is 2.79 bits per heavy atom. The van der Waals surface area contributed by atoms with Gasteiger partial charge in [-0.3, -0.25) is 9.48 Å². The van der Waals surface area contributed by atoms with Gasteiger partial charge in [-0.05, 0) is 5.56 Å². The fraction of sp³-hybridized carbons (Fsp3) is 0.250. The molecular formula is C16H18N6OS. The van der Waals surface area contributed by atoms with Gasteiger partial charge in [0.2, 0.25) is 0 Å². The molecule has 7 nitrogen and oxygen atoms in total. The zero-order valence-corrected chi connectivity index (χ0v) is 13.9. The van der Waals surface area contributed by atoms with Gasteiger partial charge >= 0.3 is 0 Å². The molecule has 0 spiro atoms. The lowest BCUT2D eigenvalue weighted by Crippen LogP contribution is -2.30. The van der Waals surface area contributed by atoms with E-state index in [0.717, 1.165) is 10.6 Å². The van der Waals surface area contributed by atoms with E-state index in [-0.39, 0.29) is 5.91 Å². The van der Waals surface area contributed by atoms with Crippen LogP contribution in [0.2, 0.25) is 0 Å². The number of benzene rings is 1. The van der Waals surface area contributed by atoms with Gasteiger partial charge in [-0.2, -0.15) is 0 Å². The number of carbonyl (C=O) groups excluding carboxylic acids is 1. The van der Waals surface area contributed by atoms with E-state index in [2.05, 4.69) is 15.3 Å². The molecule has 3 rings (SSSR count). The van der Waals surface area contributed by atoms with Crippen molar-refractivity contribution in [3.63, 3.8) is 0 Å². The number of carbonyl (C=O) groups is 1. The average Bonchev–Trinajstić information content (AvgIpc) is 3.27. The standard InChI is InChI=1S/C16H18N6OS/c17-6-8-22-11-14(19-20-22)16(23)21(12-15-18-7-9-24-15)10-13-4-2-1-3-5-13/h1-5,7,9,11H,6,8,10,12,17H2. The molecule has 0 aliphatic carbocycles. The van der Waals surface area contributed by atoms with Crippen molar-refractivity contribution < 1.29 is 4.79 Å². The molecule has 0 aliphatic heterocycles. The largest absolute Gasteiger partial charge is 0.329 e. The molecule has 2 aromatic heterocycles. The van der Waals surface area contributed by atoms with Crippen molar-refractivity contribution in [2.45, 2.75) is 19.6 Å². The van der Waals surface area contributed by atoms with Gasteiger partial charge in [-0.15, -0.1) is 16.4 Å². The van der Waals surface area contributed by atoms with E-state index in [1.165, 1.54) is 11.3 Å². The summed E-state index contributed by atoms with van der Waals surface area (Å²) in [7, 11) is 0. The van der Waals surface area contributed by atoms with Gasteiger partial charge in [0, 0.05) is 24.7 Å². The minimum atomic E-state index is -0.169. The Kier molecular flexibility index (Phi) is 5.29. The quantitative estimate of drug-likeness (QED) is 0.703. The Morgan fingerprint density at radius 1 is 1.25 bits per heavy atom. The molecule has 2 heterocycles. The van der Waals surface area contributed by atoms with Crippen molar-refractivity contribution in [2.75, 3.05) is 6.54 Å². The summed E-state index contributed by atoms with van der Waals surface area (Å²) in [5, 5.41) is 10.7. The van der Waals surface area contributed by atoms with E-state index in [1.807, 2.05) is 35.7 Å². The predicted molar refractivity (Wildman–Crippen MR) is 91.2 cm³/mol. The van der Waals surface area contributed by atoms with Crippen LogP contribution in [0.1, 0.15) is 21.1 Å². The Balaban J connectivity index is 1.80. The summed E-state index contributed by atoms with van der Waals surface area (Å²) in [6.45, 7) is 1.91. The monoisotopic (exact) mass is 342 g/mol. The molecule has 1 amide bonds. The molecule has 2 N–H and O–H groups in total. The topological polar surface area (TPSA) is 89.9 Å². The van der Waals surface area contributed by atoms with Crippen molar-refractivity contribution in [2.24, 2.45) is 5.73 Å². The van der Waals surface area contributed by atoms with Gasteiger partial charge < -0.3 is 10.6 Å². The maximum Gasteiger partial charge on any atom is 0.276 e. The molecule has 24 heavy (non-hydrogen) atoms. The molecule has 3 aromatic rings. The first-order valence-corrected chi connectivity index (χ1v) is 8.46. The molecular weight excluding hydrogens is 324 g/mol. The van der Waals surface area contributed by atoms with Crippen molar-refractivity contribution in [1.82, 2.24) is 24.9 Å². The molecule has 0 atom stereocenters. The summed E-state index contributed by atoms with van der Waals surface area (Å²) in [4.78, 5) is 18.9. The number of hydrogen-bond donors (Lipinski definition) is 1. The number of rotatable bonds is 7. The Labute approximate surface area is 143 Å². The number of nitrogens with two attached hydrogens (primary N) is 1. The van der Waals surface area contributed by atoms with E-state index in [9.17, 15) is 4.79 Å². The normalized spacial score (nSPS) is 10.7. The Hall–Kier alpha value is -2.58. The summed E-state index contributed by atoms with van der Waals surface area (Å²) < 4.78 is 1.58. The van der Waals surface area contributed by atoms with Crippen molar-refractivity contribution in [3.05, 3.63) is 64.4 Å². The fourth-order valence-corrected chi connectivity index (χ4v) is 2.93. The SMILES string of the molecule is NCCn1cc(C(=O)N(Cc2ccccc2)Cc2nccs2)nn1. The van der Waals surface area contributed by atoms with Gasteiger partial charge in [0.1, 0.15) is 5.01 Å². The first-order valence-electron chi connectivity index (χ1n) is 7.58. The minimum Gasteiger partial charge on any atom is -0.329 e. The lowest BCUT2D eigenvalue weighted by Gasteiger charge is -2.20. The van der Waals surface area contributed by atoms with Crippen LogP contribution >= 0.6 is 11.3 Å². The molecule has 0 saturated carbocycles. The molecule has 0 fully saturated rings. The van der Waals surface area contributed by atoms with Crippen LogP contribution in [-0.4, -0.2) is 37.3 Å². The molecule has 0 aliphatic rings. The molecule has 0 radical (unpaired) electrons. The maximum absolute atomic E-state index is 12.8. The van der Waals surface area contributed by atoms with E-state index in [0.29, 0.717) is 31.9 Å². The Morgan fingerprint density at radius 2 is 2.08 bits per heavy atom. The minimum absolute atomic E-state index is 0.169. The summed E-state index contributed by atoms with van der Waals surface area (Å²) in [6, 6.07) is 9.85. The number of hydrogen-bond acceptors (Lipinski definition) is 6. The third-order valence-corrected chi connectivity index (χ3v) is 4.19. The third-order valence-electron chi connectivity index (χ3n) is 3.43. The number of aromatic nitrogens is 4. The van der Waals surface area contributed by atoms with Crippen LogP contribution in [0.25, 0.3) is 0 Å². The molecule has 8 heteroatoms. The number of nitrogens with zero attached hydrogens (tertiary/aromatic N) is 5. The van der Waals surface area contributed by atoms with Gasteiger partial charge in [0.15, 0.2) is 5.69 Å². The third kappa shape index (κ3) is 4.03. The second-order valence-electron chi connectivity index (χ2n) is 5.23. The van der Waals surface area contributed by atoms with Crippen molar-refractivity contribution >= 4 is 17.2 Å². The fourth-order valence-electron chi connectivity index (χ4n) is 2.30. The zero-order valence-electron chi connectivity index (χ0n) is 13.1. The van der Waals surface area contributed by atoms with Gasteiger partial charge in [-0.1, -0.05) is 35.5 Å². The smallest absolute Gasteiger partial charge is 0.276 e. The molecule has 0 unspecified atom stereocenters. The van der Waals surface area contributed by atoms with Gasteiger partial charge in [0.05, 0.1) is 19.3 Å². The van der Waals surface area contributed by atoms with E-state index < -0.39 is 0 Å². The lowest BCUT2D eigenvalue weighted by atomic mass is 10.2. The second kappa shape index (κ2) is 7.80. The molecule has 0 bridgehead atoms. The summed E-state index contributed by atoms with van der Waals surface area (Å²) in [5.74, 6) is -0.169. The zero-order chi connectivity index (χ0) is 16.8.